The average Bonchev–Trinajstić information content (AvgIpc) is 2.29. The van der Waals surface area contributed by atoms with Crippen LogP contribution in [0, 0.1) is 5.92 Å². The maximum atomic E-state index is 12.6. The number of hydrogen-bond acceptors (Lipinski definition) is 5. The summed E-state index contributed by atoms with van der Waals surface area (Å²) in [5.41, 5.74) is 5.50. The Balaban J connectivity index is 1.89. The van der Waals surface area contributed by atoms with E-state index >= 15 is 0 Å². The van der Waals surface area contributed by atoms with E-state index in [4.69, 9.17) is 17.3 Å². The smallest absolute Gasteiger partial charge is 0.248 e. The zero-order valence-corrected chi connectivity index (χ0v) is 11.1. The molecule has 1 heterocycles. The van der Waals surface area contributed by atoms with Crippen molar-refractivity contribution in [3.05, 3.63) is 16.8 Å². The number of halogens is 3. The molecule has 0 aromatic carbocycles. The number of aromatic nitrogens is 2. The van der Waals surface area contributed by atoms with E-state index in [0.29, 0.717) is 0 Å². The molecule has 110 valence electrons. The lowest BCUT2D eigenvalue weighted by molar-refractivity contribution is -0.136. The highest BCUT2D eigenvalue weighted by molar-refractivity contribution is 6.30. The van der Waals surface area contributed by atoms with Crippen LogP contribution in [0.4, 0.5) is 14.6 Å². The van der Waals surface area contributed by atoms with Crippen molar-refractivity contribution in [2.45, 2.75) is 31.4 Å². The Morgan fingerprint density at radius 1 is 1.60 bits per heavy atom. The zero-order chi connectivity index (χ0) is 14.9. The normalized spacial score (nSPS) is 19.2. The van der Waals surface area contributed by atoms with E-state index in [1.165, 1.54) is 6.07 Å². The first-order valence-corrected chi connectivity index (χ1v) is 6.28. The summed E-state index contributed by atoms with van der Waals surface area (Å²) in [6.45, 7) is 0. The molecule has 0 radical (unpaired) electrons. The number of hydrogen-bond donors (Lipinski definition) is 3. The number of aliphatic hydroxyl groups is 1. The number of nitrogens with one attached hydrogen (secondary N) is 1. The molecule has 1 saturated carbocycles. The van der Waals surface area contributed by atoms with Crippen molar-refractivity contribution < 1.29 is 18.7 Å². The summed E-state index contributed by atoms with van der Waals surface area (Å²) >= 11 is 5.72. The highest BCUT2D eigenvalue weighted by Crippen LogP contribution is 2.44. The van der Waals surface area contributed by atoms with Crippen LogP contribution in [0.3, 0.4) is 0 Å². The van der Waals surface area contributed by atoms with Crippen molar-refractivity contribution in [1.29, 1.82) is 0 Å². The van der Waals surface area contributed by atoms with Gasteiger partial charge < -0.3 is 16.2 Å². The molecule has 9 heteroatoms. The topological polar surface area (TPSA) is 101 Å². The number of anilines is 1. The first-order chi connectivity index (χ1) is 9.27. The molecule has 1 atom stereocenters. The monoisotopic (exact) mass is 306 g/mol. The van der Waals surface area contributed by atoms with Crippen molar-refractivity contribution in [2.75, 3.05) is 5.73 Å². The van der Waals surface area contributed by atoms with Gasteiger partial charge in [0.05, 0.1) is 0 Å². The summed E-state index contributed by atoms with van der Waals surface area (Å²) in [6.07, 6.45) is -2.09. The highest BCUT2D eigenvalue weighted by Gasteiger charge is 2.45. The van der Waals surface area contributed by atoms with Gasteiger partial charge in [0.1, 0.15) is 5.82 Å². The van der Waals surface area contributed by atoms with Crippen LogP contribution in [0.15, 0.2) is 6.07 Å². The van der Waals surface area contributed by atoms with Gasteiger partial charge in [0.15, 0.2) is 11.4 Å². The van der Waals surface area contributed by atoms with Gasteiger partial charge in [-0.05, 0) is 12.0 Å². The summed E-state index contributed by atoms with van der Waals surface area (Å²) < 4.78 is 25.3. The molecule has 4 N–H and O–H groups in total. The number of nitrogen functional groups attached to an aromatic ring is 1. The van der Waals surface area contributed by atoms with E-state index < -0.39 is 18.1 Å². The van der Waals surface area contributed by atoms with Crippen LogP contribution >= 0.6 is 11.6 Å². The third kappa shape index (κ3) is 3.51. The van der Waals surface area contributed by atoms with E-state index in [-0.39, 0.29) is 41.7 Å². The lowest BCUT2D eigenvalue weighted by atomic mass is 9.79. The van der Waals surface area contributed by atoms with Crippen LogP contribution in [0.5, 0.6) is 0 Å². The SMILES string of the molecule is Nc1cc([C@@H](O)NC(=O)CC2CC(F)(F)C2)c(Cl)nn1. The van der Waals surface area contributed by atoms with Gasteiger partial charge in [-0.3, -0.25) is 4.79 Å². The molecule has 0 bridgehead atoms. The predicted octanol–water partition coefficient (Wildman–Crippen LogP) is 1.25. The molecule has 0 spiro atoms. The van der Waals surface area contributed by atoms with E-state index in [9.17, 15) is 18.7 Å². The van der Waals surface area contributed by atoms with Crippen molar-refractivity contribution in [1.82, 2.24) is 15.5 Å². The first-order valence-electron chi connectivity index (χ1n) is 5.91. The van der Waals surface area contributed by atoms with Gasteiger partial charge in [-0.1, -0.05) is 11.6 Å². The third-order valence-corrected chi connectivity index (χ3v) is 3.33. The Morgan fingerprint density at radius 3 is 2.85 bits per heavy atom. The van der Waals surface area contributed by atoms with Crippen LogP contribution < -0.4 is 11.1 Å². The molecule has 1 fully saturated rings. The average molecular weight is 307 g/mol. The van der Waals surface area contributed by atoms with E-state index in [2.05, 4.69) is 15.5 Å². The number of rotatable bonds is 4. The lowest BCUT2D eigenvalue weighted by Crippen LogP contribution is -2.39. The van der Waals surface area contributed by atoms with E-state index in [0.717, 1.165) is 0 Å². The zero-order valence-electron chi connectivity index (χ0n) is 10.3. The van der Waals surface area contributed by atoms with Gasteiger partial charge in [-0.15, -0.1) is 10.2 Å². The first kappa shape index (κ1) is 14.9. The van der Waals surface area contributed by atoms with Crippen LogP contribution in [-0.2, 0) is 4.79 Å². The molecule has 1 aromatic rings. The number of carbonyl (C=O) groups excluding carboxylic acids is 1. The van der Waals surface area contributed by atoms with Crippen molar-refractivity contribution in [2.24, 2.45) is 5.92 Å². The third-order valence-electron chi connectivity index (χ3n) is 3.04. The largest absolute Gasteiger partial charge is 0.382 e. The molecule has 1 amide bonds. The maximum absolute atomic E-state index is 12.6. The minimum Gasteiger partial charge on any atom is -0.382 e. The molecule has 1 aromatic heterocycles. The van der Waals surface area contributed by atoms with Crippen LogP contribution in [0.1, 0.15) is 31.1 Å². The molecular formula is C11H13ClF2N4O2. The molecule has 0 aliphatic heterocycles. The number of amides is 1. The van der Waals surface area contributed by atoms with Gasteiger partial charge in [-0.2, -0.15) is 0 Å². The molecule has 6 nitrogen and oxygen atoms in total. The fourth-order valence-corrected chi connectivity index (χ4v) is 2.28. The number of alkyl halides is 2. The highest BCUT2D eigenvalue weighted by atomic mass is 35.5. The number of aliphatic hydroxyl groups excluding tert-OH is 1. The minimum atomic E-state index is -2.67. The quantitative estimate of drug-likeness (QED) is 0.727. The standard InChI is InChI=1S/C11H13ClF2N4O2/c12-9-6(2-7(15)17-18-9)10(20)16-8(19)1-5-3-11(13,14)4-5/h2,5,10,20H,1,3-4H2,(H2,15,17)(H,16,19)/t10-/m1/s1. The Morgan fingerprint density at radius 2 is 2.25 bits per heavy atom. The molecule has 0 unspecified atom stereocenters. The summed E-state index contributed by atoms with van der Waals surface area (Å²) in [5.74, 6) is -3.54. The summed E-state index contributed by atoms with van der Waals surface area (Å²) in [5, 5.41) is 18.9. The fraction of sp³-hybridized carbons (Fsp3) is 0.545. The van der Waals surface area contributed by atoms with Crippen molar-refractivity contribution >= 4 is 23.3 Å². The molecule has 1 aliphatic carbocycles. The predicted molar refractivity (Wildman–Crippen MR) is 66.8 cm³/mol. The second kappa shape index (κ2) is 5.45. The van der Waals surface area contributed by atoms with Gasteiger partial charge in [0, 0.05) is 24.8 Å². The van der Waals surface area contributed by atoms with Crippen molar-refractivity contribution in [3.63, 3.8) is 0 Å². The number of nitrogens with two attached hydrogens (primary N) is 1. The second-order valence-corrected chi connectivity index (χ2v) is 5.18. The molecular weight excluding hydrogens is 294 g/mol. The lowest BCUT2D eigenvalue weighted by Gasteiger charge is -2.34. The van der Waals surface area contributed by atoms with Gasteiger partial charge in [0.25, 0.3) is 0 Å². The Kier molecular flexibility index (Phi) is 4.05. The Hall–Kier alpha value is -1.54. The van der Waals surface area contributed by atoms with E-state index in [1.54, 1.807) is 0 Å². The molecule has 2 rings (SSSR count). The number of nitrogens with zero attached hydrogens (tertiary/aromatic N) is 2. The summed E-state index contributed by atoms with van der Waals surface area (Å²) in [6, 6.07) is 1.28. The molecule has 1 aliphatic rings. The molecule has 20 heavy (non-hydrogen) atoms. The van der Waals surface area contributed by atoms with E-state index in [1.807, 2.05) is 0 Å². The maximum Gasteiger partial charge on any atom is 0.248 e. The van der Waals surface area contributed by atoms with Gasteiger partial charge >= 0.3 is 0 Å². The number of carbonyl (C=O) groups is 1. The Bertz CT molecular complexity index is 521. The van der Waals surface area contributed by atoms with Crippen LogP contribution in [-0.4, -0.2) is 27.1 Å². The summed E-state index contributed by atoms with van der Waals surface area (Å²) in [7, 11) is 0. The fourth-order valence-electron chi connectivity index (χ4n) is 2.08. The summed E-state index contributed by atoms with van der Waals surface area (Å²) in [4.78, 5) is 11.6. The van der Waals surface area contributed by atoms with Crippen molar-refractivity contribution in [3.8, 4) is 0 Å². The molecule has 0 saturated heterocycles. The van der Waals surface area contributed by atoms with Gasteiger partial charge in [-0.25, -0.2) is 8.78 Å². The Labute approximate surface area is 118 Å². The van der Waals surface area contributed by atoms with Crippen LogP contribution in [0.2, 0.25) is 5.15 Å². The second-order valence-electron chi connectivity index (χ2n) is 4.82. The minimum absolute atomic E-state index is 0.0383. The van der Waals surface area contributed by atoms with Crippen LogP contribution in [0.25, 0.3) is 0 Å². The van der Waals surface area contributed by atoms with Gasteiger partial charge in [0.2, 0.25) is 11.8 Å².